The van der Waals surface area contributed by atoms with Gasteiger partial charge in [0.2, 0.25) is 16.9 Å². The van der Waals surface area contributed by atoms with Gasteiger partial charge in [0.1, 0.15) is 0 Å². The van der Waals surface area contributed by atoms with Gasteiger partial charge in [0, 0.05) is 45.0 Å². The first-order valence-corrected chi connectivity index (χ1v) is 12.9. The van der Waals surface area contributed by atoms with Crippen molar-refractivity contribution < 1.29 is 9.59 Å². The number of para-hydroxylation sites is 1. The number of aryl methyl sites for hydroxylation is 2. The molecule has 1 aromatic heterocycles. The van der Waals surface area contributed by atoms with E-state index in [0.29, 0.717) is 38.5 Å². The van der Waals surface area contributed by atoms with E-state index in [-0.39, 0.29) is 11.8 Å². The highest BCUT2D eigenvalue weighted by molar-refractivity contribution is 8.01. The third-order valence-electron chi connectivity index (χ3n) is 5.93. The molecule has 2 aliphatic heterocycles. The third kappa shape index (κ3) is 5.79. The molecule has 0 saturated carbocycles. The summed E-state index contributed by atoms with van der Waals surface area (Å²) in [4.78, 5) is 31.4. The summed E-state index contributed by atoms with van der Waals surface area (Å²) in [5, 5.41) is 12.5. The average Bonchev–Trinajstić information content (AvgIpc) is 3.47. The maximum atomic E-state index is 12.6. The van der Waals surface area contributed by atoms with Crippen molar-refractivity contribution >= 4 is 45.7 Å². The number of hydrogen-bond donors (Lipinski definition) is 1. The molecule has 2 aromatic rings. The molecule has 0 atom stereocenters. The van der Waals surface area contributed by atoms with Gasteiger partial charge in [-0.25, -0.2) is 0 Å². The third-order valence-corrected chi connectivity index (χ3v) is 8.03. The highest BCUT2D eigenvalue weighted by Crippen LogP contribution is 2.30. The van der Waals surface area contributed by atoms with Crippen molar-refractivity contribution in [3.63, 3.8) is 0 Å². The van der Waals surface area contributed by atoms with Crippen molar-refractivity contribution in [2.45, 2.75) is 31.0 Å². The molecule has 0 bridgehead atoms. The number of piperazine rings is 1. The van der Waals surface area contributed by atoms with E-state index in [1.807, 2.05) is 36.9 Å². The van der Waals surface area contributed by atoms with E-state index >= 15 is 0 Å². The highest BCUT2D eigenvalue weighted by Gasteiger charge is 2.23. The second-order valence-electron chi connectivity index (χ2n) is 8.31. The zero-order chi connectivity index (χ0) is 22.5. The molecule has 0 unspecified atom stereocenters. The minimum Gasteiger partial charge on any atom is -0.347 e. The standard InChI is InChI=1S/C22H30N6O2S2/c1-16-6-5-7-17(2)20(16)23-18(29)14-26-10-12-27(13-11-26)19(30)15-31-22-25-24-21(32-22)28-8-3-4-9-28/h5-7H,3-4,8-15H2,1-2H3,(H,23,29). The molecule has 2 saturated heterocycles. The first-order chi connectivity index (χ1) is 15.5. The summed E-state index contributed by atoms with van der Waals surface area (Å²) in [5.41, 5.74) is 3.02. The van der Waals surface area contributed by atoms with E-state index in [2.05, 4.69) is 25.3 Å². The van der Waals surface area contributed by atoms with E-state index in [0.717, 1.165) is 39.4 Å². The molecule has 8 nitrogen and oxygen atoms in total. The molecule has 0 aliphatic carbocycles. The maximum absolute atomic E-state index is 12.6. The van der Waals surface area contributed by atoms with Crippen LogP contribution >= 0.6 is 23.1 Å². The van der Waals surface area contributed by atoms with Gasteiger partial charge in [0.15, 0.2) is 4.34 Å². The minimum atomic E-state index is -0.0113. The lowest BCUT2D eigenvalue weighted by atomic mass is 10.1. The Morgan fingerprint density at radius 2 is 1.72 bits per heavy atom. The van der Waals surface area contributed by atoms with Gasteiger partial charge < -0.3 is 15.1 Å². The van der Waals surface area contributed by atoms with E-state index in [9.17, 15) is 9.59 Å². The number of anilines is 2. The van der Waals surface area contributed by atoms with Gasteiger partial charge in [0.25, 0.3) is 0 Å². The van der Waals surface area contributed by atoms with E-state index in [1.165, 1.54) is 24.6 Å². The summed E-state index contributed by atoms with van der Waals surface area (Å²) >= 11 is 3.04. The lowest BCUT2D eigenvalue weighted by Crippen LogP contribution is -2.50. The fourth-order valence-corrected chi connectivity index (χ4v) is 5.86. The fourth-order valence-electron chi connectivity index (χ4n) is 4.06. The van der Waals surface area contributed by atoms with Crippen LogP contribution in [0.3, 0.4) is 0 Å². The van der Waals surface area contributed by atoms with Crippen LogP contribution in [0.15, 0.2) is 22.5 Å². The number of amides is 2. The van der Waals surface area contributed by atoms with Gasteiger partial charge in [-0.1, -0.05) is 41.3 Å². The minimum absolute atomic E-state index is 0.0113. The van der Waals surface area contributed by atoms with Crippen molar-refractivity contribution in [3.05, 3.63) is 29.3 Å². The van der Waals surface area contributed by atoms with Crippen molar-refractivity contribution in [2.75, 3.05) is 61.8 Å². The maximum Gasteiger partial charge on any atom is 0.238 e. The van der Waals surface area contributed by atoms with Gasteiger partial charge in [-0.05, 0) is 37.8 Å². The van der Waals surface area contributed by atoms with Crippen LogP contribution in [0, 0.1) is 13.8 Å². The lowest BCUT2D eigenvalue weighted by molar-refractivity contribution is -0.130. The number of carbonyl (C=O) groups is 2. The lowest BCUT2D eigenvalue weighted by Gasteiger charge is -2.34. The van der Waals surface area contributed by atoms with Crippen LogP contribution < -0.4 is 10.2 Å². The van der Waals surface area contributed by atoms with Crippen LogP contribution in [0.2, 0.25) is 0 Å². The van der Waals surface area contributed by atoms with Gasteiger partial charge in [-0.2, -0.15) is 0 Å². The summed E-state index contributed by atoms with van der Waals surface area (Å²) in [5.74, 6) is 0.483. The second kappa shape index (κ2) is 10.6. The predicted octanol–water partition coefficient (Wildman–Crippen LogP) is 2.63. The highest BCUT2D eigenvalue weighted by atomic mass is 32.2. The Kier molecular flexibility index (Phi) is 7.64. The monoisotopic (exact) mass is 474 g/mol. The van der Waals surface area contributed by atoms with Crippen molar-refractivity contribution in [3.8, 4) is 0 Å². The number of aromatic nitrogens is 2. The first kappa shape index (κ1) is 23.0. The van der Waals surface area contributed by atoms with Crippen LogP contribution in [-0.2, 0) is 9.59 Å². The molecule has 1 N–H and O–H groups in total. The molecule has 2 aliphatic rings. The molecule has 0 spiro atoms. The molecular weight excluding hydrogens is 444 g/mol. The quantitative estimate of drug-likeness (QED) is 0.618. The first-order valence-electron chi connectivity index (χ1n) is 11.1. The van der Waals surface area contributed by atoms with Crippen LogP contribution in [0.5, 0.6) is 0 Å². The van der Waals surface area contributed by atoms with Crippen LogP contribution in [-0.4, -0.2) is 83.4 Å². The second-order valence-corrected chi connectivity index (χ2v) is 10.5. The number of carbonyl (C=O) groups excluding carboxylic acids is 2. The topological polar surface area (TPSA) is 81.7 Å². The average molecular weight is 475 g/mol. The van der Waals surface area contributed by atoms with Crippen LogP contribution in [0.4, 0.5) is 10.8 Å². The van der Waals surface area contributed by atoms with Gasteiger partial charge in [-0.15, -0.1) is 10.2 Å². The van der Waals surface area contributed by atoms with Gasteiger partial charge in [-0.3, -0.25) is 14.5 Å². The fraction of sp³-hybridized carbons (Fsp3) is 0.545. The number of nitrogens with zero attached hydrogens (tertiary/aromatic N) is 5. The van der Waals surface area contributed by atoms with Crippen molar-refractivity contribution in [2.24, 2.45) is 0 Å². The van der Waals surface area contributed by atoms with Crippen LogP contribution in [0.25, 0.3) is 0 Å². The summed E-state index contributed by atoms with van der Waals surface area (Å²) in [6.45, 7) is 9.13. The normalized spacial score (nSPS) is 17.1. The Labute approximate surface area is 197 Å². The Bertz CT molecular complexity index is 931. The summed E-state index contributed by atoms with van der Waals surface area (Å²) < 4.78 is 0.849. The number of thioether (sulfide) groups is 1. The Balaban J connectivity index is 1.19. The summed E-state index contributed by atoms with van der Waals surface area (Å²) in [6.07, 6.45) is 2.42. The number of benzene rings is 1. The SMILES string of the molecule is Cc1cccc(C)c1NC(=O)CN1CCN(C(=O)CSc2nnc(N3CCCC3)s2)CC1. The van der Waals surface area contributed by atoms with E-state index < -0.39 is 0 Å². The zero-order valence-corrected chi connectivity index (χ0v) is 20.3. The Morgan fingerprint density at radius 3 is 2.41 bits per heavy atom. The largest absolute Gasteiger partial charge is 0.347 e. The molecule has 10 heteroatoms. The molecule has 0 radical (unpaired) electrons. The molecule has 1 aromatic carbocycles. The molecule has 2 amide bonds. The van der Waals surface area contributed by atoms with E-state index in [4.69, 9.17) is 0 Å². The van der Waals surface area contributed by atoms with Crippen molar-refractivity contribution in [1.29, 1.82) is 0 Å². The molecule has 3 heterocycles. The number of hydrogen-bond acceptors (Lipinski definition) is 8. The van der Waals surface area contributed by atoms with Gasteiger partial charge >= 0.3 is 0 Å². The number of rotatable bonds is 7. The Hall–Kier alpha value is -2.17. The predicted molar refractivity (Wildman–Crippen MR) is 130 cm³/mol. The van der Waals surface area contributed by atoms with Crippen LogP contribution in [0.1, 0.15) is 24.0 Å². The summed E-state index contributed by atoms with van der Waals surface area (Å²) in [6, 6.07) is 5.99. The summed E-state index contributed by atoms with van der Waals surface area (Å²) in [7, 11) is 0. The van der Waals surface area contributed by atoms with E-state index in [1.54, 1.807) is 11.3 Å². The molecule has 172 valence electrons. The Morgan fingerprint density at radius 1 is 1.03 bits per heavy atom. The van der Waals surface area contributed by atoms with Gasteiger partial charge in [0.05, 0.1) is 12.3 Å². The molecule has 4 rings (SSSR count). The zero-order valence-electron chi connectivity index (χ0n) is 18.7. The van der Waals surface area contributed by atoms with Crippen molar-refractivity contribution in [1.82, 2.24) is 20.0 Å². The number of nitrogens with one attached hydrogen (secondary N) is 1. The molecular formula is C22H30N6O2S2. The molecule has 2 fully saturated rings. The smallest absolute Gasteiger partial charge is 0.238 e. The molecule has 32 heavy (non-hydrogen) atoms.